The van der Waals surface area contributed by atoms with Crippen LogP contribution >= 0.6 is 0 Å². The largest absolute Gasteiger partial charge is 0.257 e. The number of hydrogen-bond acceptors (Lipinski definition) is 1. The van der Waals surface area contributed by atoms with Crippen LogP contribution in [0.3, 0.4) is 0 Å². The maximum atomic E-state index is 4.74. The molecule has 2 rings (SSSR count). The highest BCUT2D eigenvalue weighted by atomic mass is 14.7. The molecule has 0 aliphatic heterocycles. The Morgan fingerprint density at radius 3 is 3.00 bits per heavy atom. The van der Waals surface area contributed by atoms with Crippen molar-refractivity contribution >= 4 is 0 Å². The second-order valence-electron chi connectivity index (χ2n) is 3.96. The summed E-state index contributed by atoms with van der Waals surface area (Å²) in [5.41, 5.74) is 5.58. The van der Waals surface area contributed by atoms with Crippen molar-refractivity contribution in [3.63, 3.8) is 0 Å². The van der Waals surface area contributed by atoms with Crippen LogP contribution in [0.4, 0.5) is 0 Å². The Kier molecular flexibility index (Phi) is 2.34. The van der Waals surface area contributed by atoms with Crippen molar-refractivity contribution in [1.29, 1.82) is 0 Å². The van der Waals surface area contributed by atoms with Crippen LogP contribution in [0.15, 0.2) is 6.07 Å². The predicted molar refractivity (Wildman–Crippen MR) is 55.0 cm³/mol. The van der Waals surface area contributed by atoms with Crippen molar-refractivity contribution in [2.75, 3.05) is 0 Å². The van der Waals surface area contributed by atoms with Crippen LogP contribution in [-0.4, -0.2) is 4.98 Å². The van der Waals surface area contributed by atoms with Crippen LogP contribution in [0.25, 0.3) is 0 Å². The molecular formula is C12H17N. The van der Waals surface area contributed by atoms with E-state index in [1.807, 2.05) is 0 Å². The zero-order valence-corrected chi connectivity index (χ0v) is 8.56. The van der Waals surface area contributed by atoms with E-state index in [1.165, 1.54) is 48.2 Å². The van der Waals surface area contributed by atoms with Crippen LogP contribution < -0.4 is 0 Å². The monoisotopic (exact) mass is 175 g/mol. The maximum Gasteiger partial charge on any atom is 0.0439 e. The fourth-order valence-corrected chi connectivity index (χ4v) is 2.12. The van der Waals surface area contributed by atoms with E-state index in [-0.39, 0.29) is 0 Å². The Labute approximate surface area is 80.2 Å². The minimum absolute atomic E-state index is 1.14. The number of hydrogen-bond donors (Lipinski definition) is 0. The number of nitrogens with zero attached hydrogens (tertiary/aromatic N) is 1. The topological polar surface area (TPSA) is 12.9 Å². The second kappa shape index (κ2) is 3.49. The molecule has 0 spiro atoms. The van der Waals surface area contributed by atoms with E-state index in [4.69, 9.17) is 4.98 Å². The highest BCUT2D eigenvalue weighted by Crippen LogP contribution is 2.22. The van der Waals surface area contributed by atoms with Gasteiger partial charge >= 0.3 is 0 Å². The summed E-state index contributed by atoms with van der Waals surface area (Å²) in [5, 5.41) is 0. The van der Waals surface area contributed by atoms with Crippen LogP contribution in [-0.2, 0) is 19.3 Å². The molecule has 0 N–H and O–H groups in total. The number of pyridine rings is 1. The van der Waals surface area contributed by atoms with Crippen molar-refractivity contribution in [3.05, 3.63) is 28.6 Å². The highest BCUT2D eigenvalue weighted by molar-refractivity contribution is 5.32. The van der Waals surface area contributed by atoms with E-state index in [0.717, 1.165) is 6.42 Å². The van der Waals surface area contributed by atoms with Gasteiger partial charge in [0.25, 0.3) is 0 Å². The summed E-state index contributed by atoms with van der Waals surface area (Å²) in [5.74, 6) is 0. The van der Waals surface area contributed by atoms with Gasteiger partial charge in [0.2, 0.25) is 0 Å². The molecule has 0 bridgehead atoms. The summed E-state index contributed by atoms with van der Waals surface area (Å²) in [6.07, 6.45) is 6.09. The first kappa shape index (κ1) is 8.74. The Bertz CT molecular complexity index is 315. The van der Waals surface area contributed by atoms with E-state index < -0.39 is 0 Å². The lowest BCUT2D eigenvalue weighted by molar-refractivity contribution is 0.847. The smallest absolute Gasteiger partial charge is 0.0439 e. The summed E-state index contributed by atoms with van der Waals surface area (Å²) < 4.78 is 0. The van der Waals surface area contributed by atoms with E-state index in [0.29, 0.717) is 0 Å². The third kappa shape index (κ3) is 1.60. The molecule has 13 heavy (non-hydrogen) atoms. The molecule has 1 heteroatoms. The van der Waals surface area contributed by atoms with Gasteiger partial charge in [0.1, 0.15) is 0 Å². The third-order valence-corrected chi connectivity index (χ3v) is 2.83. The van der Waals surface area contributed by atoms with Gasteiger partial charge in [-0.25, -0.2) is 0 Å². The van der Waals surface area contributed by atoms with E-state index in [2.05, 4.69) is 19.9 Å². The first-order valence-electron chi connectivity index (χ1n) is 5.29. The van der Waals surface area contributed by atoms with Gasteiger partial charge in [-0.1, -0.05) is 19.4 Å². The van der Waals surface area contributed by atoms with Crippen molar-refractivity contribution in [2.45, 2.75) is 46.0 Å². The normalized spacial score (nSPS) is 14.6. The summed E-state index contributed by atoms with van der Waals surface area (Å²) in [6.45, 7) is 4.41. The molecule has 0 saturated heterocycles. The van der Waals surface area contributed by atoms with Gasteiger partial charge in [-0.15, -0.1) is 0 Å². The standard InChI is InChI=1S/C12H17N/c1-3-5-11-9(2)8-10-6-4-7-12(10)13-11/h8H,3-7H2,1-2H3. The summed E-state index contributed by atoms with van der Waals surface area (Å²) in [6, 6.07) is 2.35. The molecule has 1 nitrogen and oxygen atoms in total. The zero-order chi connectivity index (χ0) is 9.26. The van der Waals surface area contributed by atoms with Crippen molar-refractivity contribution in [1.82, 2.24) is 4.98 Å². The van der Waals surface area contributed by atoms with Gasteiger partial charge in [0.05, 0.1) is 0 Å². The molecule has 70 valence electrons. The van der Waals surface area contributed by atoms with Crippen molar-refractivity contribution in [2.24, 2.45) is 0 Å². The maximum absolute atomic E-state index is 4.74. The lowest BCUT2D eigenvalue weighted by Gasteiger charge is -2.06. The Morgan fingerprint density at radius 1 is 1.38 bits per heavy atom. The Hall–Kier alpha value is -0.850. The molecule has 0 aromatic carbocycles. The number of fused-ring (bicyclic) bond motifs is 1. The minimum atomic E-state index is 1.14. The van der Waals surface area contributed by atoms with Crippen molar-refractivity contribution in [3.8, 4) is 0 Å². The molecular weight excluding hydrogens is 158 g/mol. The molecule has 1 aromatic rings. The predicted octanol–water partition coefficient (Wildman–Crippen LogP) is 2.83. The van der Waals surface area contributed by atoms with Crippen LogP contribution in [0.5, 0.6) is 0 Å². The lowest BCUT2D eigenvalue weighted by Crippen LogP contribution is -1.98. The van der Waals surface area contributed by atoms with Crippen LogP contribution in [0, 0.1) is 6.92 Å². The lowest BCUT2D eigenvalue weighted by atomic mass is 10.1. The van der Waals surface area contributed by atoms with E-state index in [9.17, 15) is 0 Å². The fraction of sp³-hybridized carbons (Fsp3) is 0.583. The van der Waals surface area contributed by atoms with Gasteiger partial charge in [-0.2, -0.15) is 0 Å². The Balaban J connectivity index is 2.37. The molecule has 0 radical (unpaired) electrons. The van der Waals surface area contributed by atoms with E-state index in [1.54, 1.807) is 0 Å². The first-order valence-corrected chi connectivity index (χ1v) is 5.29. The third-order valence-electron chi connectivity index (χ3n) is 2.83. The van der Waals surface area contributed by atoms with Gasteiger partial charge in [0.15, 0.2) is 0 Å². The van der Waals surface area contributed by atoms with Gasteiger partial charge in [-0.3, -0.25) is 4.98 Å². The van der Waals surface area contributed by atoms with Crippen molar-refractivity contribution < 1.29 is 0 Å². The molecule has 0 unspecified atom stereocenters. The summed E-state index contributed by atoms with van der Waals surface area (Å²) in [7, 11) is 0. The summed E-state index contributed by atoms with van der Waals surface area (Å²) >= 11 is 0. The molecule has 1 heterocycles. The molecule has 1 aliphatic carbocycles. The highest BCUT2D eigenvalue weighted by Gasteiger charge is 2.13. The molecule has 0 amide bonds. The number of aryl methyl sites for hydroxylation is 4. The number of rotatable bonds is 2. The van der Waals surface area contributed by atoms with Gasteiger partial charge in [0, 0.05) is 11.4 Å². The summed E-state index contributed by atoms with van der Waals surface area (Å²) in [4.78, 5) is 4.74. The second-order valence-corrected chi connectivity index (χ2v) is 3.96. The Morgan fingerprint density at radius 2 is 2.23 bits per heavy atom. The molecule has 0 atom stereocenters. The SMILES string of the molecule is CCCc1nc2c(cc1C)CCC2. The fourth-order valence-electron chi connectivity index (χ4n) is 2.12. The number of aromatic nitrogens is 1. The minimum Gasteiger partial charge on any atom is -0.257 e. The van der Waals surface area contributed by atoms with Gasteiger partial charge in [-0.05, 0) is 43.7 Å². The van der Waals surface area contributed by atoms with Gasteiger partial charge < -0.3 is 0 Å². The zero-order valence-electron chi connectivity index (χ0n) is 8.56. The molecule has 1 aliphatic rings. The quantitative estimate of drug-likeness (QED) is 0.673. The average Bonchev–Trinajstić information content (AvgIpc) is 2.52. The molecule has 0 fully saturated rings. The molecule has 0 saturated carbocycles. The van der Waals surface area contributed by atoms with Crippen LogP contribution in [0.1, 0.15) is 42.3 Å². The van der Waals surface area contributed by atoms with E-state index >= 15 is 0 Å². The van der Waals surface area contributed by atoms with Crippen LogP contribution in [0.2, 0.25) is 0 Å². The first-order chi connectivity index (χ1) is 6.31. The molecule has 1 aromatic heterocycles. The average molecular weight is 175 g/mol.